The Bertz CT molecular complexity index is 853. The van der Waals surface area contributed by atoms with Crippen LogP contribution in [0.3, 0.4) is 0 Å². The van der Waals surface area contributed by atoms with Gasteiger partial charge in [-0.3, -0.25) is 4.79 Å². The Hall–Kier alpha value is -1.63. The Labute approximate surface area is 179 Å². The monoisotopic (exact) mass is 437 g/mol. The molecule has 0 radical (unpaired) electrons. The number of piperazine rings is 1. The molecule has 5 nitrogen and oxygen atoms in total. The van der Waals surface area contributed by atoms with E-state index < -0.39 is 0 Å². The van der Waals surface area contributed by atoms with Crippen LogP contribution in [0.4, 0.5) is 5.69 Å². The number of hydrogen-bond donors (Lipinski definition) is 0. The molecule has 0 aliphatic carbocycles. The second-order valence-corrected chi connectivity index (χ2v) is 8.77. The Kier molecular flexibility index (Phi) is 6.19. The summed E-state index contributed by atoms with van der Waals surface area (Å²) in [5.74, 6) is 2.63. The third kappa shape index (κ3) is 4.34. The number of aromatic nitrogens is 1. The number of anilines is 1. The maximum atomic E-state index is 12.9. The van der Waals surface area contributed by atoms with Crippen molar-refractivity contribution in [2.75, 3.05) is 42.6 Å². The Balaban J connectivity index is 1.39. The van der Waals surface area contributed by atoms with Crippen molar-refractivity contribution in [3.05, 3.63) is 52.1 Å². The van der Waals surface area contributed by atoms with Gasteiger partial charge in [0.2, 0.25) is 5.88 Å². The van der Waals surface area contributed by atoms with Gasteiger partial charge in [-0.2, -0.15) is 11.8 Å². The molecular formula is C20H21Cl2N3O2S. The highest BCUT2D eigenvalue weighted by Crippen LogP contribution is 2.33. The fourth-order valence-corrected chi connectivity index (χ4v) is 4.96. The zero-order chi connectivity index (χ0) is 19.5. The van der Waals surface area contributed by atoms with E-state index in [0.29, 0.717) is 47.7 Å². The van der Waals surface area contributed by atoms with Crippen LogP contribution >= 0.6 is 35.0 Å². The molecule has 2 aliphatic rings. The standard InChI is InChI=1S/C20H21Cl2N3O2S/c21-16-2-1-3-17(19(16)22)24-7-9-25(10-8-24)20(26)14-4-6-23-18(12-14)27-15-5-11-28-13-15/h1-4,6,12,15H,5,7-11,13H2/t15-/m1/s1. The van der Waals surface area contributed by atoms with Gasteiger partial charge in [-0.05, 0) is 30.4 Å². The van der Waals surface area contributed by atoms with E-state index >= 15 is 0 Å². The van der Waals surface area contributed by atoms with Gasteiger partial charge >= 0.3 is 0 Å². The number of pyridine rings is 1. The summed E-state index contributed by atoms with van der Waals surface area (Å²) in [6.45, 7) is 2.66. The number of nitrogens with zero attached hydrogens (tertiary/aromatic N) is 3. The van der Waals surface area contributed by atoms with Crippen LogP contribution in [-0.4, -0.2) is 59.6 Å². The summed E-state index contributed by atoms with van der Waals surface area (Å²) < 4.78 is 5.91. The normalized spacial score (nSPS) is 19.7. The van der Waals surface area contributed by atoms with Crippen LogP contribution in [0.2, 0.25) is 10.0 Å². The van der Waals surface area contributed by atoms with Crippen molar-refractivity contribution in [3.8, 4) is 5.88 Å². The molecular weight excluding hydrogens is 417 g/mol. The van der Waals surface area contributed by atoms with Gasteiger partial charge in [0.05, 0.1) is 15.7 Å². The molecule has 0 bridgehead atoms. The highest BCUT2D eigenvalue weighted by atomic mass is 35.5. The van der Waals surface area contributed by atoms with Crippen LogP contribution in [0.25, 0.3) is 0 Å². The first kappa shape index (κ1) is 19.7. The lowest BCUT2D eigenvalue weighted by atomic mass is 10.2. The maximum absolute atomic E-state index is 12.9. The topological polar surface area (TPSA) is 45.7 Å². The van der Waals surface area contributed by atoms with Crippen LogP contribution in [0.5, 0.6) is 5.88 Å². The fraction of sp³-hybridized carbons (Fsp3) is 0.400. The number of ether oxygens (including phenoxy) is 1. The molecule has 4 rings (SSSR count). The third-order valence-corrected chi connectivity index (χ3v) is 6.94. The first-order valence-electron chi connectivity index (χ1n) is 9.30. The zero-order valence-corrected chi connectivity index (χ0v) is 17.6. The molecule has 0 saturated carbocycles. The van der Waals surface area contributed by atoms with E-state index in [9.17, 15) is 4.79 Å². The highest BCUT2D eigenvalue weighted by Gasteiger charge is 2.25. The molecule has 2 aromatic rings. The minimum absolute atomic E-state index is 0.00453. The summed E-state index contributed by atoms with van der Waals surface area (Å²) in [6, 6.07) is 9.13. The van der Waals surface area contributed by atoms with Crippen molar-refractivity contribution in [3.63, 3.8) is 0 Å². The number of benzene rings is 1. The van der Waals surface area contributed by atoms with E-state index in [1.165, 1.54) is 0 Å². The SMILES string of the molecule is O=C(c1ccnc(O[C@@H]2CCSC2)c1)N1CCN(c2cccc(Cl)c2Cl)CC1. The van der Waals surface area contributed by atoms with Crippen molar-refractivity contribution in [2.45, 2.75) is 12.5 Å². The van der Waals surface area contributed by atoms with Crippen molar-refractivity contribution in [2.24, 2.45) is 0 Å². The summed E-state index contributed by atoms with van der Waals surface area (Å²) in [6.07, 6.45) is 2.86. The molecule has 28 heavy (non-hydrogen) atoms. The molecule has 0 spiro atoms. The predicted molar refractivity (Wildman–Crippen MR) is 115 cm³/mol. The van der Waals surface area contributed by atoms with Crippen LogP contribution in [0, 0.1) is 0 Å². The molecule has 2 fully saturated rings. The van der Waals surface area contributed by atoms with Crippen LogP contribution in [0.15, 0.2) is 36.5 Å². The molecule has 2 saturated heterocycles. The molecule has 3 heterocycles. The fourth-order valence-electron chi connectivity index (χ4n) is 3.45. The number of halogens is 2. The van der Waals surface area contributed by atoms with Crippen molar-refractivity contribution in [1.29, 1.82) is 0 Å². The van der Waals surface area contributed by atoms with E-state index in [1.54, 1.807) is 24.4 Å². The van der Waals surface area contributed by atoms with Gasteiger partial charge in [-0.25, -0.2) is 4.98 Å². The van der Waals surface area contributed by atoms with Gasteiger partial charge in [0.15, 0.2) is 0 Å². The van der Waals surface area contributed by atoms with E-state index in [1.807, 2.05) is 28.8 Å². The lowest BCUT2D eigenvalue weighted by Gasteiger charge is -2.36. The van der Waals surface area contributed by atoms with E-state index in [4.69, 9.17) is 27.9 Å². The van der Waals surface area contributed by atoms with E-state index in [2.05, 4.69) is 9.88 Å². The molecule has 2 aliphatic heterocycles. The van der Waals surface area contributed by atoms with E-state index in [0.717, 1.165) is 23.6 Å². The third-order valence-electron chi connectivity index (χ3n) is 5.00. The molecule has 8 heteroatoms. The second-order valence-electron chi connectivity index (χ2n) is 6.84. The minimum atomic E-state index is 0.00453. The van der Waals surface area contributed by atoms with Crippen molar-refractivity contribution < 1.29 is 9.53 Å². The Morgan fingerprint density at radius 2 is 2.00 bits per heavy atom. The highest BCUT2D eigenvalue weighted by molar-refractivity contribution is 7.99. The molecule has 0 unspecified atom stereocenters. The van der Waals surface area contributed by atoms with Gasteiger partial charge in [0.25, 0.3) is 5.91 Å². The quantitative estimate of drug-likeness (QED) is 0.715. The Morgan fingerprint density at radius 1 is 1.18 bits per heavy atom. The molecule has 1 atom stereocenters. The summed E-state index contributed by atoms with van der Waals surface area (Å²) >= 11 is 14.3. The largest absolute Gasteiger partial charge is 0.473 e. The lowest BCUT2D eigenvalue weighted by molar-refractivity contribution is 0.0745. The summed E-state index contributed by atoms with van der Waals surface area (Å²) in [4.78, 5) is 21.2. The van der Waals surface area contributed by atoms with Crippen molar-refractivity contribution in [1.82, 2.24) is 9.88 Å². The Morgan fingerprint density at radius 3 is 2.75 bits per heavy atom. The zero-order valence-electron chi connectivity index (χ0n) is 15.3. The molecule has 1 amide bonds. The molecule has 0 N–H and O–H groups in total. The summed E-state index contributed by atoms with van der Waals surface area (Å²) in [5.41, 5.74) is 1.53. The smallest absolute Gasteiger partial charge is 0.254 e. The number of thioether (sulfide) groups is 1. The van der Waals surface area contributed by atoms with Gasteiger partial charge in [-0.15, -0.1) is 0 Å². The number of hydrogen-bond acceptors (Lipinski definition) is 5. The number of carbonyl (C=O) groups excluding carboxylic acids is 1. The first-order chi connectivity index (χ1) is 13.6. The van der Waals surface area contributed by atoms with Crippen LogP contribution < -0.4 is 9.64 Å². The van der Waals surface area contributed by atoms with Gasteiger partial charge in [0, 0.05) is 49.8 Å². The summed E-state index contributed by atoms with van der Waals surface area (Å²) in [5, 5.41) is 1.10. The van der Waals surface area contributed by atoms with Gasteiger partial charge < -0.3 is 14.5 Å². The van der Waals surface area contributed by atoms with Crippen LogP contribution in [-0.2, 0) is 0 Å². The average molecular weight is 438 g/mol. The number of amides is 1. The first-order valence-corrected chi connectivity index (χ1v) is 11.2. The van der Waals surface area contributed by atoms with Gasteiger partial charge in [-0.1, -0.05) is 29.3 Å². The predicted octanol–water partition coefficient (Wildman–Crippen LogP) is 4.24. The average Bonchev–Trinajstić information content (AvgIpc) is 3.23. The second kappa shape index (κ2) is 8.80. The van der Waals surface area contributed by atoms with Crippen molar-refractivity contribution >= 4 is 46.6 Å². The van der Waals surface area contributed by atoms with Gasteiger partial charge in [0.1, 0.15) is 6.10 Å². The van der Waals surface area contributed by atoms with Crippen LogP contribution in [0.1, 0.15) is 16.8 Å². The minimum Gasteiger partial charge on any atom is -0.473 e. The van der Waals surface area contributed by atoms with E-state index in [-0.39, 0.29) is 12.0 Å². The maximum Gasteiger partial charge on any atom is 0.254 e. The molecule has 1 aromatic heterocycles. The lowest BCUT2D eigenvalue weighted by Crippen LogP contribution is -2.48. The number of carbonyl (C=O) groups is 1. The summed E-state index contributed by atoms with van der Waals surface area (Å²) in [7, 11) is 0. The molecule has 1 aromatic carbocycles. The number of rotatable bonds is 4. The molecule has 148 valence electrons.